The highest BCUT2D eigenvalue weighted by Crippen LogP contribution is 2.57. The van der Waals surface area contributed by atoms with E-state index in [0.29, 0.717) is 38.8 Å². The molecule has 0 aromatic carbocycles. The minimum Gasteiger partial charge on any atom is -0.550 e. The first-order valence-electron chi connectivity index (χ1n) is 8.59. The molecule has 26 heavy (non-hydrogen) atoms. The Bertz CT molecular complexity index is 687. The van der Waals surface area contributed by atoms with Crippen molar-refractivity contribution in [1.82, 2.24) is 4.90 Å². The number of Topliss-reactive ketones (excluding diaryl/α,β-unsaturated/α-hetero) is 1. The molecule has 3 aliphatic rings. The molecule has 0 radical (unpaired) electrons. The Morgan fingerprint density at radius 3 is 2.12 bits per heavy atom. The standard InChI is InChI=1S/C15H21N2O5.C2H4O2/c1-10(18)14-6-5-9-17(14,11(2)19)15(22-12(3)20)7-4-8-16(15)13(14)21;1-2(3)4/h4-9H2,1-3H3;1H3,(H,3,4)/q+1;/p-1. The van der Waals surface area contributed by atoms with Gasteiger partial charge in [-0.25, -0.2) is 9.69 Å². The van der Waals surface area contributed by atoms with E-state index in [1.807, 2.05) is 0 Å². The number of hydrogen-bond donors (Lipinski definition) is 0. The monoisotopic (exact) mass is 368 g/mol. The minimum absolute atomic E-state index is 0.285. The summed E-state index contributed by atoms with van der Waals surface area (Å²) < 4.78 is 5.24. The van der Waals surface area contributed by atoms with E-state index in [1.54, 1.807) is 0 Å². The van der Waals surface area contributed by atoms with Crippen LogP contribution in [0.3, 0.4) is 0 Å². The molecule has 3 fully saturated rings. The fourth-order valence-corrected chi connectivity index (χ4v) is 5.04. The van der Waals surface area contributed by atoms with Crippen LogP contribution in [0.1, 0.15) is 53.4 Å². The molecule has 3 atom stereocenters. The van der Waals surface area contributed by atoms with E-state index in [2.05, 4.69) is 0 Å². The lowest BCUT2D eigenvalue weighted by atomic mass is 9.89. The maximum absolute atomic E-state index is 13.1. The third-order valence-corrected chi connectivity index (χ3v) is 5.61. The number of amides is 2. The molecule has 0 N–H and O–H groups in total. The van der Waals surface area contributed by atoms with Crippen molar-refractivity contribution in [2.75, 3.05) is 13.1 Å². The van der Waals surface area contributed by atoms with Crippen molar-refractivity contribution in [3.8, 4) is 0 Å². The second-order valence-electron chi connectivity index (χ2n) is 6.96. The Morgan fingerprint density at radius 1 is 1.08 bits per heavy atom. The number of esters is 1. The lowest BCUT2D eigenvalue weighted by molar-refractivity contribution is -0.944. The Kier molecular flexibility index (Phi) is 4.97. The van der Waals surface area contributed by atoms with E-state index in [-0.39, 0.29) is 22.1 Å². The van der Waals surface area contributed by atoms with Crippen molar-refractivity contribution in [3.05, 3.63) is 0 Å². The number of fused-ring (bicyclic) bond motifs is 3. The smallest absolute Gasteiger partial charge is 0.341 e. The van der Waals surface area contributed by atoms with Crippen LogP contribution in [-0.4, -0.2) is 63.4 Å². The van der Waals surface area contributed by atoms with Crippen molar-refractivity contribution < 1.29 is 38.3 Å². The van der Waals surface area contributed by atoms with Crippen LogP contribution in [0.5, 0.6) is 0 Å². The van der Waals surface area contributed by atoms with Gasteiger partial charge in [-0.3, -0.25) is 14.4 Å². The molecule has 3 rings (SSSR count). The molecule has 3 saturated heterocycles. The predicted molar refractivity (Wildman–Crippen MR) is 84.6 cm³/mol. The number of nitrogens with zero attached hydrogens (tertiary/aromatic N) is 2. The van der Waals surface area contributed by atoms with Gasteiger partial charge in [-0.2, -0.15) is 4.48 Å². The number of rotatable bonds is 2. The van der Waals surface area contributed by atoms with E-state index in [0.717, 1.165) is 6.92 Å². The molecule has 0 bridgehead atoms. The van der Waals surface area contributed by atoms with Crippen molar-refractivity contribution in [2.45, 2.75) is 64.8 Å². The van der Waals surface area contributed by atoms with Crippen LogP contribution in [0, 0.1) is 0 Å². The normalized spacial score (nSPS) is 34.5. The zero-order valence-electron chi connectivity index (χ0n) is 15.5. The molecule has 0 saturated carbocycles. The number of hydrogen-bond acceptors (Lipinski definition) is 7. The molecule has 0 aromatic heterocycles. The lowest BCUT2D eigenvalue weighted by Gasteiger charge is -2.45. The highest BCUT2D eigenvalue weighted by molar-refractivity contribution is 6.11. The van der Waals surface area contributed by atoms with Gasteiger partial charge in [0.05, 0.1) is 19.9 Å². The Labute approximate surface area is 151 Å². The molecule has 2 amide bonds. The topological polar surface area (TPSA) is 121 Å². The lowest BCUT2D eigenvalue weighted by Crippen LogP contribution is -2.73. The van der Waals surface area contributed by atoms with Crippen LogP contribution in [0.4, 0.5) is 0 Å². The van der Waals surface area contributed by atoms with Gasteiger partial charge in [-0.15, -0.1) is 0 Å². The van der Waals surface area contributed by atoms with Crippen LogP contribution in [0.25, 0.3) is 0 Å². The summed E-state index contributed by atoms with van der Waals surface area (Å²) in [6.45, 7) is 5.77. The molecule has 0 aromatic rings. The van der Waals surface area contributed by atoms with Gasteiger partial charge in [0.2, 0.25) is 11.3 Å². The first kappa shape index (κ1) is 20.0. The molecular weight excluding hydrogens is 344 g/mol. The summed E-state index contributed by atoms with van der Waals surface area (Å²) in [4.78, 5) is 60.3. The summed E-state index contributed by atoms with van der Waals surface area (Å²) >= 11 is 0. The second-order valence-corrected chi connectivity index (χ2v) is 6.96. The Balaban J connectivity index is 0.000000552. The number of carbonyl (C=O) groups is 5. The number of carbonyl (C=O) groups excluding carboxylic acids is 5. The highest BCUT2D eigenvalue weighted by Gasteiger charge is 2.85. The maximum Gasteiger partial charge on any atom is 0.341 e. The number of quaternary nitrogens is 1. The molecule has 3 unspecified atom stereocenters. The molecule has 144 valence electrons. The summed E-state index contributed by atoms with van der Waals surface area (Å²) in [6, 6.07) is 0. The summed E-state index contributed by atoms with van der Waals surface area (Å²) in [5.74, 6) is -3.91. The van der Waals surface area contributed by atoms with E-state index < -0.39 is 23.3 Å². The van der Waals surface area contributed by atoms with Crippen molar-refractivity contribution in [1.29, 1.82) is 0 Å². The number of carboxylic acids is 1. The first-order chi connectivity index (χ1) is 12.0. The molecule has 9 nitrogen and oxygen atoms in total. The van der Waals surface area contributed by atoms with E-state index >= 15 is 0 Å². The molecule has 3 aliphatic heterocycles. The summed E-state index contributed by atoms with van der Waals surface area (Å²) in [7, 11) is 0. The van der Waals surface area contributed by atoms with Gasteiger partial charge >= 0.3 is 17.7 Å². The van der Waals surface area contributed by atoms with Crippen molar-refractivity contribution >= 4 is 29.5 Å². The molecular formula is C17H24N2O7. The SMILES string of the molecule is CC(=O)OC12CCCN1C(=O)C1(C(C)=O)CCC[N+]12C(C)=O.CC(=O)[O-]. The summed E-state index contributed by atoms with van der Waals surface area (Å²) in [5.41, 5.74) is -1.41. The number of ether oxygens (including phenoxy) is 1. The maximum atomic E-state index is 13.1. The highest BCUT2D eigenvalue weighted by atomic mass is 16.6. The quantitative estimate of drug-likeness (QED) is 0.351. The van der Waals surface area contributed by atoms with Crippen LogP contribution in [0.2, 0.25) is 0 Å². The average molecular weight is 368 g/mol. The fraction of sp³-hybridized carbons (Fsp3) is 0.706. The Morgan fingerprint density at radius 2 is 1.65 bits per heavy atom. The van der Waals surface area contributed by atoms with E-state index in [1.165, 1.54) is 25.7 Å². The van der Waals surface area contributed by atoms with Crippen molar-refractivity contribution in [2.24, 2.45) is 0 Å². The fourth-order valence-electron chi connectivity index (χ4n) is 5.04. The molecule has 3 heterocycles. The third kappa shape index (κ3) is 2.29. The molecule has 9 heteroatoms. The number of carboxylic acid groups (broad SMARTS) is 1. The van der Waals surface area contributed by atoms with Gasteiger partial charge in [0, 0.05) is 39.2 Å². The van der Waals surface area contributed by atoms with Gasteiger partial charge in [0.15, 0.2) is 0 Å². The minimum atomic E-state index is -1.41. The van der Waals surface area contributed by atoms with E-state index in [9.17, 15) is 19.2 Å². The first-order valence-corrected chi connectivity index (χ1v) is 8.59. The predicted octanol–water partition coefficient (Wildman–Crippen LogP) is -0.920. The van der Waals surface area contributed by atoms with Crippen LogP contribution in [-0.2, 0) is 28.7 Å². The van der Waals surface area contributed by atoms with Gasteiger partial charge in [-0.05, 0) is 13.3 Å². The van der Waals surface area contributed by atoms with Crippen LogP contribution >= 0.6 is 0 Å². The third-order valence-electron chi connectivity index (χ3n) is 5.61. The van der Waals surface area contributed by atoms with Gasteiger partial charge in [0.25, 0.3) is 5.91 Å². The second kappa shape index (κ2) is 6.46. The van der Waals surface area contributed by atoms with Crippen molar-refractivity contribution in [3.63, 3.8) is 0 Å². The summed E-state index contributed by atoms with van der Waals surface area (Å²) in [5, 5.41) is 8.89. The zero-order chi connectivity index (χ0) is 19.9. The van der Waals surface area contributed by atoms with Crippen LogP contribution in [0.15, 0.2) is 0 Å². The van der Waals surface area contributed by atoms with Gasteiger partial charge in [0.1, 0.15) is 0 Å². The summed E-state index contributed by atoms with van der Waals surface area (Å²) in [6.07, 6.45) is 1.97. The van der Waals surface area contributed by atoms with Gasteiger partial charge in [-0.1, -0.05) is 0 Å². The largest absolute Gasteiger partial charge is 0.550 e. The number of ketones is 1. The van der Waals surface area contributed by atoms with E-state index in [4.69, 9.17) is 14.6 Å². The molecule has 0 spiro atoms. The zero-order valence-corrected chi connectivity index (χ0v) is 15.5. The molecule has 0 aliphatic carbocycles. The Hall–Kier alpha value is -2.29. The van der Waals surface area contributed by atoms with Gasteiger partial charge < -0.3 is 14.6 Å². The van der Waals surface area contributed by atoms with Crippen LogP contribution < -0.4 is 5.11 Å². The number of aliphatic carboxylic acids is 1. The average Bonchev–Trinajstić information content (AvgIpc) is 3.11.